The van der Waals surface area contributed by atoms with Gasteiger partial charge in [-0.15, -0.1) is 0 Å². The van der Waals surface area contributed by atoms with Gasteiger partial charge in [0.15, 0.2) is 0 Å². The summed E-state index contributed by atoms with van der Waals surface area (Å²) in [6, 6.07) is 12.8. The summed E-state index contributed by atoms with van der Waals surface area (Å²) in [5.41, 5.74) is 1.99. The maximum absolute atomic E-state index is 12.7. The van der Waals surface area contributed by atoms with Crippen LogP contribution in [0.4, 0.5) is 5.69 Å². The van der Waals surface area contributed by atoms with Crippen molar-refractivity contribution in [3.05, 3.63) is 81.3 Å². The molecule has 10 nitrogen and oxygen atoms in total. The third kappa shape index (κ3) is 4.43. The minimum absolute atomic E-state index is 0.0218. The fourth-order valence-electron chi connectivity index (χ4n) is 2.90. The fraction of sp³-hybridized carbons (Fsp3) is 0.100. The van der Waals surface area contributed by atoms with Crippen LogP contribution in [0.15, 0.2) is 59.3 Å². The first-order chi connectivity index (χ1) is 14.9. The van der Waals surface area contributed by atoms with Crippen LogP contribution in [-0.2, 0) is 13.6 Å². The Balaban J connectivity index is 1.48. The zero-order valence-electron chi connectivity index (χ0n) is 16.2. The number of benzene rings is 2. The summed E-state index contributed by atoms with van der Waals surface area (Å²) in [7, 11) is 1.68. The first kappa shape index (κ1) is 20.2. The van der Waals surface area contributed by atoms with Crippen molar-refractivity contribution >= 4 is 23.2 Å². The molecule has 0 aliphatic rings. The van der Waals surface area contributed by atoms with E-state index in [1.807, 2.05) is 0 Å². The Morgan fingerprint density at radius 3 is 2.52 bits per heavy atom. The monoisotopic (exact) mass is 438 g/mol. The van der Waals surface area contributed by atoms with Gasteiger partial charge >= 0.3 is 0 Å². The SMILES string of the molecule is Cn1cc(C(=O)NCc2nc(-c3ccc(Cl)cc3)no2)c(-c2ccc([N+](=O)[O-])cc2)n1. The Hall–Kier alpha value is -4.05. The molecule has 0 bridgehead atoms. The number of carbonyl (C=O) groups is 1. The normalized spacial score (nSPS) is 10.8. The fourth-order valence-corrected chi connectivity index (χ4v) is 3.03. The minimum Gasteiger partial charge on any atom is -0.343 e. The molecule has 0 saturated heterocycles. The molecule has 0 fully saturated rings. The minimum atomic E-state index is -0.488. The van der Waals surface area contributed by atoms with Gasteiger partial charge in [0.05, 0.1) is 17.0 Å². The molecule has 0 aliphatic carbocycles. The molecular formula is C20H15ClN6O4. The van der Waals surface area contributed by atoms with E-state index in [1.54, 1.807) is 49.6 Å². The van der Waals surface area contributed by atoms with Crippen molar-refractivity contribution in [3.8, 4) is 22.6 Å². The van der Waals surface area contributed by atoms with Gasteiger partial charge in [-0.25, -0.2) is 0 Å². The number of halogens is 1. The second-order valence-corrected chi connectivity index (χ2v) is 7.01. The van der Waals surface area contributed by atoms with Gasteiger partial charge in [-0.3, -0.25) is 19.6 Å². The van der Waals surface area contributed by atoms with E-state index in [0.717, 1.165) is 5.56 Å². The number of nitrogens with one attached hydrogen (secondary N) is 1. The van der Waals surface area contributed by atoms with Crippen molar-refractivity contribution in [2.75, 3.05) is 0 Å². The first-order valence-electron chi connectivity index (χ1n) is 9.06. The Kier molecular flexibility index (Phi) is 5.46. The highest BCUT2D eigenvalue weighted by atomic mass is 35.5. The molecule has 156 valence electrons. The second kappa shape index (κ2) is 8.36. The van der Waals surface area contributed by atoms with Gasteiger partial charge in [0.2, 0.25) is 11.7 Å². The molecule has 0 saturated carbocycles. The maximum Gasteiger partial charge on any atom is 0.269 e. The smallest absolute Gasteiger partial charge is 0.269 e. The standard InChI is InChI=1S/C20H15ClN6O4/c1-26-11-16(18(24-26)12-4-8-15(9-5-12)27(29)30)20(28)22-10-17-23-19(25-31-17)13-2-6-14(21)7-3-13/h2-9,11H,10H2,1H3,(H,22,28). The number of nitro benzene ring substituents is 1. The number of carbonyl (C=O) groups excluding carboxylic acids is 1. The van der Waals surface area contributed by atoms with Crippen molar-refractivity contribution in [2.24, 2.45) is 7.05 Å². The van der Waals surface area contributed by atoms with Gasteiger partial charge in [0, 0.05) is 41.5 Å². The third-order valence-electron chi connectivity index (χ3n) is 4.40. The lowest BCUT2D eigenvalue weighted by Crippen LogP contribution is -2.23. The Morgan fingerprint density at radius 2 is 1.84 bits per heavy atom. The van der Waals surface area contributed by atoms with E-state index in [-0.39, 0.29) is 18.1 Å². The molecule has 1 amide bonds. The van der Waals surface area contributed by atoms with Crippen molar-refractivity contribution < 1.29 is 14.2 Å². The molecule has 4 rings (SSSR count). The van der Waals surface area contributed by atoms with E-state index in [0.29, 0.717) is 27.7 Å². The quantitative estimate of drug-likeness (QED) is 0.359. The lowest BCUT2D eigenvalue weighted by Gasteiger charge is -2.03. The van der Waals surface area contributed by atoms with Crippen molar-refractivity contribution in [1.29, 1.82) is 0 Å². The zero-order valence-corrected chi connectivity index (χ0v) is 16.9. The number of hydrogen-bond acceptors (Lipinski definition) is 7. The number of amides is 1. The molecule has 2 heterocycles. The van der Waals surface area contributed by atoms with Crippen LogP contribution >= 0.6 is 11.6 Å². The Bertz CT molecular complexity index is 1250. The van der Waals surface area contributed by atoms with Crippen molar-refractivity contribution in [1.82, 2.24) is 25.2 Å². The van der Waals surface area contributed by atoms with Crippen LogP contribution in [0, 0.1) is 10.1 Å². The molecule has 11 heteroatoms. The summed E-state index contributed by atoms with van der Waals surface area (Å²) < 4.78 is 6.69. The molecule has 2 aromatic carbocycles. The molecule has 0 unspecified atom stereocenters. The predicted octanol–water partition coefficient (Wildman–Crippen LogP) is 3.63. The molecule has 31 heavy (non-hydrogen) atoms. The summed E-state index contributed by atoms with van der Waals surface area (Å²) in [6.45, 7) is 0.0218. The van der Waals surface area contributed by atoms with E-state index in [9.17, 15) is 14.9 Å². The maximum atomic E-state index is 12.7. The number of non-ortho nitro benzene ring substituents is 1. The summed E-state index contributed by atoms with van der Waals surface area (Å²) in [5, 5.41) is 22.4. The highest BCUT2D eigenvalue weighted by Gasteiger charge is 2.19. The molecule has 2 aromatic heterocycles. The topological polar surface area (TPSA) is 129 Å². The van der Waals surface area contributed by atoms with E-state index >= 15 is 0 Å². The number of nitrogens with zero attached hydrogens (tertiary/aromatic N) is 5. The van der Waals surface area contributed by atoms with Gasteiger partial charge < -0.3 is 9.84 Å². The average Bonchev–Trinajstić information content (AvgIpc) is 3.39. The molecule has 1 N–H and O–H groups in total. The molecule has 0 radical (unpaired) electrons. The van der Waals surface area contributed by atoms with Crippen molar-refractivity contribution in [3.63, 3.8) is 0 Å². The van der Waals surface area contributed by atoms with Crippen LogP contribution in [-0.4, -0.2) is 30.8 Å². The van der Waals surface area contributed by atoms with Gasteiger partial charge in [-0.1, -0.05) is 16.8 Å². The largest absolute Gasteiger partial charge is 0.343 e. The van der Waals surface area contributed by atoms with Gasteiger partial charge in [0.1, 0.15) is 5.69 Å². The summed E-state index contributed by atoms with van der Waals surface area (Å²) >= 11 is 5.88. The number of nitro groups is 1. The summed E-state index contributed by atoms with van der Waals surface area (Å²) in [4.78, 5) is 27.4. The lowest BCUT2D eigenvalue weighted by atomic mass is 10.1. The van der Waals surface area contributed by atoms with Crippen LogP contribution in [0.5, 0.6) is 0 Å². The summed E-state index contributed by atoms with van der Waals surface area (Å²) in [5.74, 6) is 0.223. The summed E-state index contributed by atoms with van der Waals surface area (Å²) in [6.07, 6.45) is 1.57. The van der Waals surface area contributed by atoms with Crippen LogP contribution in [0.2, 0.25) is 5.02 Å². The van der Waals surface area contributed by atoms with Gasteiger partial charge in [-0.2, -0.15) is 10.1 Å². The van der Waals surface area contributed by atoms with E-state index in [4.69, 9.17) is 16.1 Å². The van der Waals surface area contributed by atoms with Crippen LogP contribution in [0.3, 0.4) is 0 Å². The number of hydrogen-bond donors (Lipinski definition) is 1. The zero-order chi connectivity index (χ0) is 22.0. The number of aromatic nitrogens is 4. The third-order valence-corrected chi connectivity index (χ3v) is 4.65. The predicted molar refractivity (Wildman–Crippen MR) is 111 cm³/mol. The highest BCUT2D eigenvalue weighted by molar-refractivity contribution is 6.30. The highest BCUT2D eigenvalue weighted by Crippen LogP contribution is 2.24. The van der Waals surface area contributed by atoms with Crippen molar-refractivity contribution in [2.45, 2.75) is 6.54 Å². The molecular weight excluding hydrogens is 424 g/mol. The molecule has 0 spiro atoms. The van der Waals surface area contributed by atoms with Gasteiger partial charge in [-0.05, 0) is 36.4 Å². The number of rotatable bonds is 6. The van der Waals surface area contributed by atoms with Gasteiger partial charge in [0.25, 0.3) is 11.6 Å². The molecule has 0 aliphatic heterocycles. The van der Waals surface area contributed by atoms with E-state index < -0.39 is 10.8 Å². The van der Waals surface area contributed by atoms with Crippen LogP contribution in [0.1, 0.15) is 16.2 Å². The Morgan fingerprint density at radius 1 is 1.16 bits per heavy atom. The van der Waals surface area contributed by atoms with Crippen LogP contribution in [0.25, 0.3) is 22.6 Å². The average molecular weight is 439 g/mol. The second-order valence-electron chi connectivity index (χ2n) is 6.57. The first-order valence-corrected chi connectivity index (χ1v) is 9.43. The molecule has 4 aromatic rings. The lowest BCUT2D eigenvalue weighted by molar-refractivity contribution is -0.384. The van der Waals surface area contributed by atoms with Crippen LogP contribution < -0.4 is 5.32 Å². The Labute approximate surface area is 180 Å². The van der Waals surface area contributed by atoms with E-state index in [1.165, 1.54) is 16.8 Å². The molecule has 0 atom stereocenters. The van der Waals surface area contributed by atoms with E-state index in [2.05, 4.69) is 20.6 Å². The number of aryl methyl sites for hydroxylation is 1.